The number of halogens is 2. The summed E-state index contributed by atoms with van der Waals surface area (Å²) in [6.07, 6.45) is 0. The number of nitrogens with one attached hydrogen (secondary N) is 1. The minimum absolute atomic E-state index is 0.133. The van der Waals surface area contributed by atoms with Crippen LogP contribution in [0.1, 0.15) is 26.6 Å². The number of carbonyl (C=O) groups is 1. The molecule has 4 nitrogen and oxygen atoms in total. The minimum atomic E-state index is -0.133. The van der Waals surface area contributed by atoms with Crippen LogP contribution in [0.5, 0.6) is 0 Å². The van der Waals surface area contributed by atoms with E-state index in [1.165, 1.54) is 11.3 Å². The van der Waals surface area contributed by atoms with Gasteiger partial charge in [-0.1, -0.05) is 35.3 Å². The Hall–Kier alpha value is -1.82. The van der Waals surface area contributed by atoms with Crippen LogP contribution in [0.2, 0.25) is 10.0 Å². The smallest absolute Gasteiger partial charge is 0.265 e. The molecular weight excluding hydrogens is 365 g/mol. The number of aromatic nitrogens is 2. The molecule has 0 bridgehead atoms. The predicted molar refractivity (Wildman–Crippen MR) is 99.5 cm³/mol. The van der Waals surface area contributed by atoms with Crippen molar-refractivity contribution in [3.8, 4) is 0 Å². The SMILES string of the molecule is Cc1nn(Cc2c(Cl)cccc2Cl)c(C)c1NC(=O)c1cccs1. The topological polar surface area (TPSA) is 46.9 Å². The van der Waals surface area contributed by atoms with Crippen molar-refractivity contribution in [1.29, 1.82) is 0 Å². The summed E-state index contributed by atoms with van der Waals surface area (Å²) in [4.78, 5) is 12.9. The van der Waals surface area contributed by atoms with Gasteiger partial charge in [0.2, 0.25) is 0 Å². The summed E-state index contributed by atoms with van der Waals surface area (Å²) in [7, 11) is 0. The molecule has 0 fully saturated rings. The summed E-state index contributed by atoms with van der Waals surface area (Å²) in [5, 5.41) is 10.5. The molecule has 1 N–H and O–H groups in total. The van der Waals surface area contributed by atoms with Gasteiger partial charge in [0.15, 0.2) is 0 Å². The van der Waals surface area contributed by atoms with Crippen LogP contribution in [-0.2, 0) is 6.54 Å². The maximum atomic E-state index is 12.3. The van der Waals surface area contributed by atoms with E-state index in [4.69, 9.17) is 23.2 Å². The lowest BCUT2D eigenvalue weighted by Crippen LogP contribution is -2.12. The van der Waals surface area contributed by atoms with Gasteiger partial charge >= 0.3 is 0 Å². The molecule has 2 aromatic heterocycles. The summed E-state index contributed by atoms with van der Waals surface area (Å²) >= 11 is 13.9. The summed E-state index contributed by atoms with van der Waals surface area (Å²) in [5.41, 5.74) is 3.13. The Bertz CT molecular complexity index is 867. The quantitative estimate of drug-likeness (QED) is 0.679. The van der Waals surface area contributed by atoms with Gasteiger partial charge in [0.05, 0.1) is 28.5 Å². The number of benzene rings is 1. The fourth-order valence-electron chi connectivity index (χ4n) is 2.45. The van der Waals surface area contributed by atoms with Gasteiger partial charge in [-0.15, -0.1) is 11.3 Å². The van der Waals surface area contributed by atoms with Crippen LogP contribution < -0.4 is 5.32 Å². The van der Waals surface area contributed by atoms with Gasteiger partial charge in [-0.05, 0) is 37.4 Å². The molecule has 3 aromatic rings. The predicted octanol–water partition coefficient (Wildman–Crippen LogP) is 5.17. The van der Waals surface area contributed by atoms with Crippen molar-refractivity contribution in [2.24, 2.45) is 0 Å². The van der Waals surface area contributed by atoms with E-state index in [2.05, 4.69) is 10.4 Å². The number of carbonyl (C=O) groups excluding carboxylic acids is 1. The van der Waals surface area contributed by atoms with E-state index < -0.39 is 0 Å². The highest BCUT2D eigenvalue weighted by Gasteiger charge is 2.17. The lowest BCUT2D eigenvalue weighted by atomic mass is 10.2. The normalized spacial score (nSPS) is 10.8. The highest BCUT2D eigenvalue weighted by Crippen LogP contribution is 2.27. The number of nitrogens with zero attached hydrogens (tertiary/aromatic N) is 2. The van der Waals surface area contributed by atoms with Crippen molar-refractivity contribution in [3.63, 3.8) is 0 Å². The first-order chi connectivity index (χ1) is 11.5. The lowest BCUT2D eigenvalue weighted by molar-refractivity contribution is 0.103. The highest BCUT2D eigenvalue weighted by atomic mass is 35.5. The van der Waals surface area contributed by atoms with Crippen LogP contribution in [0.15, 0.2) is 35.7 Å². The molecule has 124 valence electrons. The second-order valence-corrected chi connectivity index (χ2v) is 7.10. The first-order valence-corrected chi connectivity index (χ1v) is 8.92. The third-order valence-electron chi connectivity index (χ3n) is 3.73. The Kier molecular flexibility index (Phi) is 4.94. The summed E-state index contributed by atoms with van der Waals surface area (Å²) in [5.74, 6) is -0.133. The van der Waals surface area contributed by atoms with Gasteiger partial charge in [0, 0.05) is 15.6 Å². The summed E-state index contributed by atoms with van der Waals surface area (Å²) < 4.78 is 1.80. The van der Waals surface area contributed by atoms with Crippen molar-refractivity contribution in [2.45, 2.75) is 20.4 Å². The first kappa shape index (κ1) is 17.0. The number of thiophene rings is 1. The summed E-state index contributed by atoms with van der Waals surface area (Å²) in [6.45, 7) is 4.22. The van der Waals surface area contributed by atoms with E-state index >= 15 is 0 Å². The fourth-order valence-corrected chi connectivity index (χ4v) is 3.58. The molecule has 0 aliphatic carbocycles. The van der Waals surface area contributed by atoms with Crippen molar-refractivity contribution in [2.75, 3.05) is 5.32 Å². The third kappa shape index (κ3) is 3.34. The first-order valence-electron chi connectivity index (χ1n) is 7.29. The van der Waals surface area contributed by atoms with Crippen molar-refractivity contribution in [3.05, 3.63) is 67.6 Å². The molecule has 7 heteroatoms. The lowest BCUT2D eigenvalue weighted by Gasteiger charge is -2.09. The maximum Gasteiger partial charge on any atom is 0.265 e. The number of anilines is 1. The molecule has 0 unspecified atom stereocenters. The molecule has 3 rings (SSSR count). The molecule has 1 amide bonds. The molecule has 2 heterocycles. The Labute approximate surface area is 154 Å². The Balaban J connectivity index is 1.88. The van der Waals surface area contributed by atoms with E-state index in [1.807, 2.05) is 31.4 Å². The van der Waals surface area contributed by atoms with Crippen LogP contribution in [0.25, 0.3) is 0 Å². The Morgan fingerprint density at radius 1 is 1.21 bits per heavy atom. The zero-order valence-electron chi connectivity index (χ0n) is 13.1. The van der Waals surface area contributed by atoms with Gasteiger partial charge in [-0.25, -0.2) is 0 Å². The van der Waals surface area contributed by atoms with Gasteiger partial charge in [-0.3, -0.25) is 9.48 Å². The van der Waals surface area contributed by atoms with Crippen molar-refractivity contribution < 1.29 is 4.79 Å². The minimum Gasteiger partial charge on any atom is -0.318 e. The molecule has 0 saturated heterocycles. The van der Waals surface area contributed by atoms with E-state index in [9.17, 15) is 4.79 Å². The number of hydrogen-bond donors (Lipinski definition) is 1. The molecule has 0 aliphatic heterocycles. The second kappa shape index (κ2) is 6.97. The number of amides is 1. The van der Waals surface area contributed by atoms with Gasteiger partial charge in [-0.2, -0.15) is 5.10 Å². The van der Waals surface area contributed by atoms with Crippen molar-refractivity contribution >= 4 is 46.1 Å². The fraction of sp³-hybridized carbons (Fsp3) is 0.176. The molecule has 1 aromatic carbocycles. The number of hydrogen-bond acceptors (Lipinski definition) is 3. The molecule has 0 saturated carbocycles. The zero-order chi connectivity index (χ0) is 17.3. The van der Waals surface area contributed by atoms with E-state index in [0.717, 1.165) is 22.6 Å². The molecule has 0 radical (unpaired) electrons. The standard InChI is InChI=1S/C17H15Cl2N3OS/c1-10-16(20-17(23)15-7-4-8-24-15)11(2)22(21-10)9-12-13(18)5-3-6-14(12)19/h3-8H,9H2,1-2H3,(H,20,23). The van der Waals surface area contributed by atoms with Crippen LogP contribution in [-0.4, -0.2) is 15.7 Å². The van der Waals surface area contributed by atoms with Crippen LogP contribution in [0.3, 0.4) is 0 Å². The van der Waals surface area contributed by atoms with Crippen LogP contribution in [0, 0.1) is 13.8 Å². The van der Waals surface area contributed by atoms with E-state index in [1.54, 1.807) is 22.9 Å². The maximum absolute atomic E-state index is 12.3. The van der Waals surface area contributed by atoms with E-state index in [0.29, 0.717) is 21.5 Å². The van der Waals surface area contributed by atoms with Crippen LogP contribution in [0.4, 0.5) is 5.69 Å². The summed E-state index contributed by atoms with van der Waals surface area (Å²) in [6, 6.07) is 9.05. The molecular formula is C17H15Cl2N3OS. The number of aryl methyl sites for hydroxylation is 1. The monoisotopic (exact) mass is 379 g/mol. The van der Waals surface area contributed by atoms with Crippen molar-refractivity contribution in [1.82, 2.24) is 9.78 Å². The molecule has 0 atom stereocenters. The second-order valence-electron chi connectivity index (χ2n) is 5.34. The third-order valence-corrected chi connectivity index (χ3v) is 5.31. The Morgan fingerprint density at radius 3 is 2.54 bits per heavy atom. The highest BCUT2D eigenvalue weighted by molar-refractivity contribution is 7.12. The average molecular weight is 380 g/mol. The zero-order valence-corrected chi connectivity index (χ0v) is 15.5. The average Bonchev–Trinajstić information content (AvgIpc) is 3.16. The molecule has 0 aliphatic rings. The van der Waals surface area contributed by atoms with Gasteiger partial charge in [0.1, 0.15) is 0 Å². The van der Waals surface area contributed by atoms with Crippen LogP contribution >= 0.6 is 34.5 Å². The van der Waals surface area contributed by atoms with Gasteiger partial charge in [0.25, 0.3) is 5.91 Å². The van der Waals surface area contributed by atoms with E-state index in [-0.39, 0.29) is 5.91 Å². The largest absolute Gasteiger partial charge is 0.318 e. The molecule has 24 heavy (non-hydrogen) atoms. The molecule has 0 spiro atoms. The van der Waals surface area contributed by atoms with Gasteiger partial charge < -0.3 is 5.32 Å². The number of rotatable bonds is 4. The Morgan fingerprint density at radius 2 is 1.92 bits per heavy atom.